The van der Waals surface area contributed by atoms with Crippen LogP contribution in [0.4, 0.5) is 5.69 Å². The van der Waals surface area contributed by atoms with Crippen LogP contribution >= 0.6 is 22.9 Å². The van der Waals surface area contributed by atoms with Gasteiger partial charge in [-0.25, -0.2) is 0 Å². The van der Waals surface area contributed by atoms with Crippen LogP contribution < -0.4 is 10.6 Å². The van der Waals surface area contributed by atoms with E-state index in [-0.39, 0.29) is 18.4 Å². The zero-order valence-corrected chi connectivity index (χ0v) is 15.1. The molecule has 3 rings (SSSR count). The number of amides is 2. The van der Waals surface area contributed by atoms with Gasteiger partial charge in [-0.3, -0.25) is 9.59 Å². The van der Waals surface area contributed by atoms with E-state index in [9.17, 15) is 9.59 Å². The molecule has 2 N–H and O–H groups in total. The molecule has 0 spiro atoms. The molecule has 8 heteroatoms. The van der Waals surface area contributed by atoms with E-state index < -0.39 is 6.10 Å². The fraction of sp³-hybridized carbons (Fsp3) is 0.167. The Balaban J connectivity index is 1.66. The van der Waals surface area contributed by atoms with Gasteiger partial charge in [0.25, 0.3) is 11.8 Å². The second-order valence-corrected chi connectivity index (χ2v) is 7.08. The molecule has 1 atom stereocenters. The largest absolute Gasteiger partial charge is 0.382 e. The quantitative estimate of drug-likeness (QED) is 0.774. The lowest BCUT2D eigenvalue weighted by molar-refractivity contribution is -0.125. The van der Waals surface area contributed by atoms with Crippen molar-refractivity contribution in [2.24, 2.45) is 5.16 Å². The summed E-state index contributed by atoms with van der Waals surface area (Å²) in [5, 5.41) is 9.25. The minimum atomic E-state index is -0.771. The molecule has 2 aromatic rings. The van der Waals surface area contributed by atoms with Gasteiger partial charge in [0.15, 0.2) is 0 Å². The summed E-state index contributed by atoms with van der Waals surface area (Å²) in [5.41, 5.74) is 1.37. The molecule has 6 nitrogen and oxygen atoms in total. The van der Waals surface area contributed by atoms with Gasteiger partial charge < -0.3 is 15.5 Å². The Bertz CT molecular complexity index is 916. The number of hydrogen-bond donors (Lipinski definition) is 2. The van der Waals surface area contributed by atoms with Crippen molar-refractivity contribution in [3.8, 4) is 12.3 Å². The summed E-state index contributed by atoms with van der Waals surface area (Å²) < 4.78 is 0.641. The SMILES string of the molecule is C#CCNC(=O)c1ccccc1NC(=O)C1CC(c2ccc(Cl)s2)=NO1. The number of oxime groups is 1. The molecule has 0 saturated carbocycles. The van der Waals surface area contributed by atoms with Crippen LogP contribution in [-0.2, 0) is 9.63 Å². The highest BCUT2D eigenvalue weighted by atomic mass is 35.5. The number of halogens is 1. The molecule has 1 aliphatic heterocycles. The summed E-state index contributed by atoms with van der Waals surface area (Å²) in [4.78, 5) is 30.7. The zero-order chi connectivity index (χ0) is 18.5. The van der Waals surface area contributed by atoms with Crippen LogP contribution in [0.25, 0.3) is 0 Å². The maximum absolute atomic E-state index is 12.5. The smallest absolute Gasteiger partial charge is 0.268 e. The molecule has 132 valence electrons. The maximum atomic E-state index is 12.5. The molecule has 0 saturated heterocycles. The summed E-state index contributed by atoms with van der Waals surface area (Å²) >= 11 is 7.29. The Morgan fingerprint density at radius 2 is 2.15 bits per heavy atom. The highest BCUT2D eigenvalue weighted by Gasteiger charge is 2.30. The van der Waals surface area contributed by atoms with Crippen LogP contribution in [0, 0.1) is 12.3 Å². The first-order valence-electron chi connectivity index (χ1n) is 7.68. The van der Waals surface area contributed by atoms with E-state index in [0.29, 0.717) is 27.7 Å². The molecular formula is C18H14ClN3O3S. The molecular weight excluding hydrogens is 374 g/mol. The Hall–Kier alpha value is -2.82. The van der Waals surface area contributed by atoms with Crippen LogP contribution in [0.15, 0.2) is 41.6 Å². The third-order valence-corrected chi connectivity index (χ3v) is 4.88. The van der Waals surface area contributed by atoms with E-state index in [1.54, 1.807) is 30.3 Å². The average molecular weight is 388 g/mol. The first-order valence-corrected chi connectivity index (χ1v) is 8.88. The minimum Gasteiger partial charge on any atom is -0.382 e. The maximum Gasteiger partial charge on any atom is 0.268 e. The van der Waals surface area contributed by atoms with Crippen LogP contribution in [0.2, 0.25) is 4.34 Å². The van der Waals surface area contributed by atoms with Crippen LogP contribution in [0.3, 0.4) is 0 Å². The summed E-state index contributed by atoms with van der Waals surface area (Å²) in [6.07, 6.45) is 4.70. The lowest BCUT2D eigenvalue weighted by Crippen LogP contribution is -2.30. The molecule has 0 aliphatic carbocycles. The van der Waals surface area contributed by atoms with Crippen molar-refractivity contribution in [2.75, 3.05) is 11.9 Å². The fourth-order valence-electron chi connectivity index (χ4n) is 2.36. The second-order valence-electron chi connectivity index (χ2n) is 5.36. The highest BCUT2D eigenvalue weighted by molar-refractivity contribution is 7.18. The van der Waals surface area contributed by atoms with E-state index in [2.05, 4.69) is 21.7 Å². The van der Waals surface area contributed by atoms with Gasteiger partial charge >= 0.3 is 0 Å². The summed E-state index contributed by atoms with van der Waals surface area (Å²) in [7, 11) is 0. The third-order valence-electron chi connectivity index (χ3n) is 3.60. The normalized spacial score (nSPS) is 15.5. The number of carbonyl (C=O) groups is 2. The number of carbonyl (C=O) groups excluding carboxylic acids is 2. The highest BCUT2D eigenvalue weighted by Crippen LogP contribution is 2.27. The van der Waals surface area contributed by atoms with Crippen LogP contribution in [0.5, 0.6) is 0 Å². The van der Waals surface area contributed by atoms with Gasteiger partial charge in [-0.15, -0.1) is 17.8 Å². The van der Waals surface area contributed by atoms with Gasteiger partial charge in [-0.05, 0) is 24.3 Å². The summed E-state index contributed by atoms with van der Waals surface area (Å²) in [6, 6.07) is 10.3. The number of anilines is 1. The number of para-hydroxylation sites is 1. The van der Waals surface area contributed by atoms with Crippen molar-refractivity contribution < 1.29 is 14.4 Å². The molecule has 2 amide bonds. The lowest BCUT2D eigenvalue weighted by Gasteiger charge is -2.13. The van der Waals surface area contributed by atoms with Gasteiger partial charge in [0.1, 0.15) is 5.71 Å². The van der Waals surface area contributed by atoms with Crippen molar-refractivity contribution in [1.82, 2.24) is 5.32 Å². The minimum absolute atomic E-state index is 0.105. The number of nitrogens with zero attached hydrogens (tertiary/aromatic N) is 1. The first-order chi connectivity index (χ1) is 12.6. The fourth-order valence-corrected chi connectivity index (χ4v) is 3.40. The number of thiophene rings is 1. The van der Waals surface area contributed by atoms with Gasteiger partial charge in [0.2, 0.25) is 6.10 Å². The van der Waals surface area contributed by atoms with Gasteiger partial charge in [-0.1, -0.05) is 34.8 Å². The molecule has 2 heterocycles. The Morgan fingerprint density at radius 1 is 1.35 bits per heavy atom. The Kier molecular flexibility index (Phi) is 5.56. The number of terminal acetylenes is 1. The summed E-state index contributed by atoms with van der Waals surface area (Å²) in [6.45, 7) is 0.105. The predicted octanol–water partition coefficient (Wildman–Crippen LogP) is 2.90. The van der Waals surface area contributed by atoms with Gasteiger partial charge in [-0.2, -0.15) is 0 Å². The van der Waals surface area contributed by atoms with Crippen molar-refractivity contribution in [2.45, 2.75) is 12.5 Å². The van der Waals surface area contributed by atoms with Gasteiger partial charge in [0, 0.05) is 6.42 Å². The van der Waals surface area contributed by atoms with E-state index in [4.69, 9.17) is 22.9 Å². The van der Waals surface area contributed by atoms with E-state index in [0.717, 1.165) is 4.88 Å². The average Bonchev–Trinajstić information content (AvgIpc) is 3.29. The van der Waals surface area contributed by atoms with Crippen LogP contribution in [-0.4, -0.2) is 30.2 Å². The number of benzene rings is 1. The van der Waals surface area contributed by atoms with Gasteiger partial charge in [0.05, 0.1) is 27.0 Å². The Morgan fingerprint density at radius 3 is 2.88 bits per heavy atom. The van der Waals surface area contributed by atoms with E-state index in [1.807, 2.05) is 6.07 Å². The molecule has 1 aliphatic rings. The predicted molar refractivity (Wildman–Crippen MR) is 102 cm³/mol. The monoisotopic (exact) mass is 387 g/mol. The lowest BCUT2D eigenvalue weighted by atomic mass is 10.1. The Labute approximate surface area is 159 Å². The molecule has 1 unspecified atom stereocenters. The molecule has 26 heavy (non-hydrogen) atoms. The van der Waals surface area contributed by atoms with E-state index in [1.165, 1.54) is 11.3 Å². The first kappa shape index (κ1) is 18.0. The molecule has 0 bridgehead atoms. The van der Waals surface area contributed by atoms with E-state index >= 15 is 0 Å². The number of nitrogens with one attached hydrogen (secondary N) is 2. The van der Waals surface area contributed by atoms with Crippen molar-refractivity contribution >= 4 is 46.2 Å². The standard InChI is InChI=1S/C18H14ClN3O3S/c1-2-9-20-17(23)11-5-3-4-6-12(11)21-18(24)14-10-13(22-25-14)15-7-8-16(19)26-15/h1,3-8,14H,9-10H2,(H,20,23)(H,21,24). The van der Waals surface area contributed by atoms with Crippen molar-refractivity contribution in [1.29, 1.82) is 0 Å². The van der Waals surface area contributed by atoms with Crippen LogP contribution in [0.1, 0.15) is 21.7 Å². The molecule has 0 radical (unpaired) electrons. The molecule has 1 aromatic heterocycles. The van der Waals surface area contributed by atoms with Crippen molar-refractivity contribution in [3.63, 3.8) is 0 Å². The molecule has 1 aromatic carbocycles. The topological polar surface area (TPSA) is 79.8 Å². The molecule has 0 fully saturated rings. The summed E-state index contributed by atoms with van der Waals surface area (Å²) in [5.74, 6) is 1.58. The van der Waals surface area contributed by atoms with Crippen molar-refractivity contribution in [3.05, 3.63) is 51.2 Å². The third kappa shape index (κ3) is 4.04. The zero-order valence-electron chi connectivity index (χ0n) is 13.5. The number of hydrogen-bond acceptors (Lipinski definition) is 5. The number of rotatable bonds is 5. The second kappa shape index (κ2) is 8.04.